The Labute approximate surface area is 102 Å². The van der Waals surface area contributed by atoms with Crippen molar-refractivity contribution < 1.29 is 14.7 Å². The van der Waals surface area contributed by atoms with Crippen LogP contribution in [0.25, 0.3) is 0 Å². The lowest BCUT2D eigenvalue weighted by Crippen LogP contribution is -2.44. The molecule has 0 aromatic carbocycles. The number of rotatable bonds is 4. The van der Waals surface area contributed by atoms with Gasteiger partial charge in [-0.15, -0.1) is 0 Å². The Hall–Kier alpha value is -1.10. The average molecular weight is 242 g/mol. The number of aliphatic hydroxyl groups excluding tert-OH is 1. The summed E-state index contributed by atoms with van der Waals surface area (Å²) in [6.07, 6.45) is 5.01. The Balaban J connectivity index is 2.24. The predicted octanol–water partition coefficient (Wildman–Crippen LogP) is 0.180. The third kappa shape index (κ3) is 4.73. The van der Waals surface area contributed by atoms with Gasteiger partial charge in [-0.1, -0.05) is 19.3 Å². The summed E-state index contributed by atoms with van der Waals surface area (Å²) in [5, 5.41) is 14.8. The van der Waals surface area contributed by atoms with Crippen LogP contribution in [0, 0.1) is 5.92 Å². The molecule has 17 heavy (non-hydrogen) atoms. The van der Waals surface area contributed by atoms with E-state index in [9.17, 15) is 14.7 Å². The minimum atomic E-state index is -0.665. The molecule has 1 rings (SSSR count). The quantitative estimate of drug-likeness (QED) is 0.615. The van der Waals surface area contributed by atoms with Crippen LogP contribution in [0.15, 0.2) is 0 Å². The van der Waals surface area contributed by atoms with Crippen molar-refractivity contribution in [2.24, 2.45) is 5.92 Å². The van der Waals surface area contributed by atoms with Crippen molar-refractivity contribution in [1.82, 2.24) is 10.6 Å². The van der Waals surface area contributed by atoms with Crippen molar-refractivity contribution in [3.05, 3.63) is 0 Å². The molecule has 98 valence electrons. The van der Waals surface area contributed by atoms with Gasteiger partial charge >= 0.3 is 11.8 Å². The largest absolute Gasteiger partial charge is 0.391 e. The Bertz CT molecular complexity index is 262. The average Bonchev–Trinajstić information content (AvgIpc) is 2.36. The smallest absolute Gasteiger partial charge is 0.309 e. The molecule has 3 N–H and O–H groups in total. The fourth-order valence-electron chi connectivity index (χ4n) is 2.20. The summed E-state index contributed by atoms with van der Waals surface area (Å²) in [7, 11) is 0. The predicted molar refractivity (Wildman–Crippen MR) is 64.3 cm³/mol. The molecular weight excluding hydrogens is 220 g/mol. The number of hydrogen-bond donors (Lipinski definition) is 3. The van der Waals surface area contributed by atoms with Gasteiger partial charge in [0, 0.05) is 13.1 Å². The highest BCUT2D eigenvalue weighted by atomic mass is 16.3. The molecule has 0 unspecified atom stereocenters. The highest BCUT2D eigenvalue weighted by Gasteiger charge is 2.22. The summed E-state index contributed by atoms with van der Waals surface area (Å²) >= 11 is 0. The SMILES string of the molecule is CCNC(=O)C(=O)NC[C@@H](O)C1CCCCC1. The van der Waals surface area contributed by atoms with Crippen LogP contribution in [-0.2, 0) is 9.59 Å². The standard InChI is InChI=1S/C12H22N2O3/c1-2-13-11(16)12(17)14-8-10(15)9-6-4-3-5-7-9/h9-10,15H,2-8H2,1H3,(H,13,16)(H,14,17)/t10-/m1/s1. The molecule has 0 radical (unpaired) electrons. The van der Waals surface area contributed by atoms with Crippen LogP contribution in [0.3, 0.4) is 0 Å². The molecule has 0 aromatic heterocycles. The lowest BCUT2D eigenvalue weighted by molar-refractivity contribution is -0.139. The van der Waals surface area contributed by atoms with E-state index in [4.69, 9.17) is 0 Å². The van der Waals surface area contributed by atoms with Crippen LogP contribution in [0.4, 0.5) is 0 Å². The van der Waals surface area contributed by atoms with Crippen molar-refractivity contribution in [2.45, 2.75) is 45.1 Å². The van der Waals surface area contributed by atoms with Crippen LogP contribution >= 0.6 is 0 Å². The summed E-state index contributed by atoms with van der Waals surface area (Å²) < 4.78 is 0. The molecule has 1 atom stereocenters. The van der Waals surface area contributed by atoms with Gasteiger partial charge in [0.1, 0.15) is 0 Å². The van der Waals surface area contributed by atoms with E-state index in [1.54, 1.807) is 6.92 Å². The number of hydrogen-bond acceptors (Lipinski definition) is 3. The van der Waals surface area contributed by atoms with E-state index in [0.29, 0.717) is 6.54 Å². The zero-order chi connectivity index (χ0) is 12.7. The Morgan fingerprint density at radius 1 is 1.18 bits per heavy atom. The second-order valence-electron chi connectivity index (χ2n) is 4.53. The minimum absolute atomic E-state index is 0.167. The third-order valence-corrected chi connectivity index (χ3v) is 3.21. The Kier molecular flexibility index (Phi) is 5.97. The number of likely N-dealkylation sites (N-methyl/N-ethyl adjacent to an activating group) is 1. The second kappa shape index (κ2) is 7.27. The number of aliphatic hydroxyl groups is 1. The molecule has 1 fully saturated rings. The number of carbonyl (C=O) groups excluding carboxylic acids is 2. The molecule has 0 spiro atoms. The molecule has 5 nitrogen and oxygen atoms in total. The summed E-state index contributed by atoms with van der Waals surface area (Å²) in [4.78, 5) is 22.4. The second-order valence-corrected chi connectivity index (χ2v) is 4.53. The van der Waals surface area contributed by atoms with Gasteiger partial charge in [0.05, 0.1) is 6.10 Å². The van der Waals surface area contributed by atoms with E-state index >= 15 is 0 Å². The van der Waals surface area contributed by atoms with Crippen LogP contribution < -0.4 is 10.6 Å². The molecule has 0 aromatic rings. The van der Waals surface area contributed by atoms with E-state index < -0.39 is 17.9 Å². The van der Waals surface area contributed by atoms with Crippen molar-refractivity contribution in [2.75, 3.05) is 13.1 Å². The van der Waals surface area contributed by atoms with E-state index in [0.717, 1.165) is 25.7 Å². The van der Waals surface area contributed by atoms with Crippen molar-refractivity contribution in [1.29, 1.82) is 0 Å². The van der Waals surface area contributed by atoms with Crippen LogP contribution in [-0.4, -0.2) is 36.1 Å². The van der Waals surface area contributed by atoms with Gasteiger partial charge < -0.3 is 15.7 Å². The first kappa shape index (κ1) is 14.0. The monoisotopic (exact) mass is 242 g/mol. The minimum Gasteiger partial charge on any atom is -0.391 e. The topological polar surface area (TPSA) is 78.4 Å². The van der Waals surface area contributed by atoms with Gasteiger partial charge in [0.2, 0.25) is 0 Å². The zero-order valence-corrected chi connectivity index (χ0v) is 10.4. The molecule has 1 saturated carbocycles. The third-order valence-electron chi connectivity index (χ3n) is 3.21. The van der Waals surface area contributed by atoms with Crippen molar-refractivity contribution in [3.8, 4) is 0 Å². The van der Waals surface area contributed by atoms with Crippen molar-refractivity contribution >= 4 is 11.8 Å². The molecule has 0 bridgehead atoms. The number of carbonyl (C=O) groups is 2. The van der Waals surface area contributed by atoms with Crippen LogP contribution in [0.1, 0.15) is 39.0 Å². The van der Waals surface area contributed by atoms with E-state index in [1.165, 1.54) is 6.42 Å². The fraction of sp³-hybridized carbons (Fsp3) is 0.833. The Morgan fingerprint density at radius 3 is 2.35 bits per heavy atom. The first-order valence-electron chi connectivity index (χ1n) is 6.39. The lowest BCUT2D eigenvalue weighted by Gasteiger charge is -2.26. The molecule has 0 heterocycles. The van der Waals surface area contributed by atoms with E-state index in [2.05, 4.69) is 10.6 Å². The molecule has 0 saturated heterocycles. The highest BCUT2D eigenvalue weighted by molar-refractivity contribution is 6.35. The van der Waals surface area contributed by atoms with Crippen molar-refractivity contribution in [3.63, 3.8) is 0 Å². The number of nitrogens with one attached hydrogen (secondary N) is 2. The van der Waals surface area contributed by atoms with Crippen LogP contribution in [0.5, 0.6) is 0 Å². The van der Waals surface area contributed by atoms with E-state index in [1.807, 2.05) is 0 Å². The molecule has 1 aliphatic rings. The maximum absolute atomic E-state index is 11.3. The fourth-order valence-corrected chi connectivity index (χ4v) is 2.20. The van der Waals surface area contributed by atoms with Gasteiger partial charge in [-0.3, -0.25) is 9.59 Å². The summed E-state index contributed by atoms with van der Waals surface area (Å²) in [5.41, 5.74) is 0. The molecular formula is C12H22N2O3. The molecule has 2 amide bonds. The summed E-state index contributed by atoms with van der Waals surface area (Å²) in [6, 6.07) is 0. The molecule has 1 aliphatic carbocycles. The van der Waals surface area contributed by atoms with Crippen LogP contribution in [0.2, 0.25) is 0 Å². The van der Waals surface area contributed by atoms with Gasteiger partial charge in [0.15, 0.2) is 0 Å². The first-order valence-corrected chi connectivity index (χ1v) is 6.39. The Morgan fingerprint density at radius 2 is 1.76 bits per heavy atom. The van der Waals surface area contributed by atoms with Gasteiger partial charge in [-0.25, -0.2) is 0 Å². The summed E-state index contributed by atoms with van der Waals surface area (Å²) in [6.45, 7) is 2.35. The normalized spacial score (nSPS) is 18.5. The lowest BCUT2D eigenvalue weighted by atomic mass is 9.85. The molecule has 0 aliphatic heterocycles. The maximum atomic E-state index is 11.3. The number of amides is 2. The van der Waals surface area contributed by atoms with Gasteiger partial charge in [-0.05, 0) is 25.7 Å². The maximum Gasteiger partial charge on any atom is 0.309 e. The highest BCUT2D eigenvalue weighted by Crippen LogP contribution is 2.26. The zero-order valence-electron chi connectivity index (χ0n) is 10.4. The van der Waals surface area contributed by atoms with E-state index in [-0.39, 0.29) is 12.5 Å². The first-order chi connectivity index (χ1) is 8.15. The summed E-state index contributed by atoms with van der Waals surface area (Å²) in [5.74, 6) is -1.04. The van der Waals surface area contributed by atoms with Gasteiger partial charge in [-0.2, -0.15) is 0 Å². The molecule has 5 heteroatoms. The van der Waals surface area contributed by atoms with Gasteiger partial charge in [0.25, 0.3) is 0 Å².